The molecule has 0 radical (unpaired) electrons. The van der Waals surface area contributed by atoms with Gasteiger partial charge in [0.1, 0.15) is 6.10 Å². The molecule has 27 heavy (non-hydrogen) atoms. The van der Waals surface area contributed by atoms with Crippen molar-refractivity contribution in [2.24, 2.45) is 5.92 Å². The van der Waals surface area contributed by atoms with Crippen LogP contribution in [-0.2, 0) is 14.3 Å². The van der Waals surface area contributed by atoms with Gasteiger partial charge >= 0.3 is 5.97 Å². The maximum absolute atomic E-state index is 12.3. The van der Waals surface area contributed by atoms with Crippen LogP contribution in [0.25, 0.3) is 0 Å². The molecule has 3 rings (SSSR count). The molecule has 0 aromatic carbocycles. The van der Waals surface area contributed by atoms with Crippen molar-refractivity contribution in [1.29, 1.82) is 0 Å². The number of hydrogen-bond donors (Lipinski definition) is 2. The molecule has 0 unspecified atom stereocenters. The zero-order chi connectivity index (χ0) is 19.4. The van der Waals surface area contributed by atoms with E-state index in [0.29, 0.717) is 18.1 Å². The summed E-state index contributed by atoms with van der Waals surface area (Å²) in [5.41, 5.74) is 0.979. The topological polar surface area (TPSA) is 84.9 Å². The van der Waals surface area contributed by atoms with E-state index >= 15 is 0 Å². The van der Waals surface area contributed by atoms with Crippen LogP contribution in [0.15, 0.2) is 23.8 Å². The SMILES string of the molecule is C/C1=C/C(=O)O[C@@H]2C[C@@H](CC[C@H](C)/C=C\CC1)O[C@](O)([C@H]1CSC(=O)N1)C2. The van der Waals surface area contributed by atoms with E-state index in [4.69, 9.17) is 9.47 Å². The summed E-state index contributed by atoms with van der Waals surface area (Å²) in [6, 6.07) is -0.493. The van der Waals surface area contributed by atoms with Crippen LogP contribution in [0.1, 0.15) is 52.4 Å². The maximum Gasteiger partial charge on any atom is 0.330 e. The number of rotatable bonds is 1. The third-order valence-electron chi connectivity index (χ3n) is 5.40. The van der Waals surface area contributed by atoms with Crippen molar-refractivity contribution in [2.45, 2.75) is 76.4 Å². The predicted molar refractivity (Wildman–Crippen MR) is 104 cm³/mol. The van der Waals surface area contributed by atoms with Crippen molar-refractivity contribution in [3.8, 4) is 0 Å². The first-order chi connectivity index (χ1) is 12.8. The molecular weight excluding hydrogens is 366 g/mol. The standard InChI is InChI=1S/C20H29NO5S/c1-13-5-3-4-6-14(2)9-18(22)25-16-10-15(8-7-13)26-20(24,11-16)17-12-27-19(23)21-17/h3,5,9,13,15-17,24H,4,6-8,10-12H2,1-2H3,(H,21,23)/b5-3-,14-9-/t13-,15-,16-,17-,20+/m1/s1. The third-order valence-corrected chi connectivity index (χ3v) is 6.28. The molecule has 2 fully saturated rings. The monoisotopic (exact) mass is 395 g/mol. The van der Waals surface area contributed by atoms with E-state index in [1.165, 1.54) is 0 Å². The lowest BCUT2D eigenvalue weighted by atomic mass is 9.90. The molecular formula is C20H29NO5S. The number of esters is 1. The van der Waals surface area contributed by atoms with Gasteiger partial charge in [-0.05, 0) is 38.5 Å². The summed E-state index contributed by atoms with van der Waals surface area (Å²) in [6.45, 7) is 4.10. The van der Waals surface area contributed by atoms with Gasteiger partial charge in [-0.15, -0.1) is 0 Å². The molecule has 150 valence electrons. The van der Waals surface area contributed by atoms with Crippen molar-refractivity contribution >= 4 is 23.0 Å². The third kappa shape index (κ3) is 5.59. The van der Waals surface area contributed by atoms with E-state index in [0.717, 1.165) is 43.0 Å². The van der Waals surface area contributed by atoms with Crippen LogP contribution in [0.3, 0.4) is 0 Å². The average Bonchev–Trinajstić information content (AvgIpc) is 3.03. The van der Waals surface area contributed by atoms with Gasteiger partial charge in [-0.3, -0.25) is 4.79 Å². The summed E-state index contributed by atoms with van der Waals surface area (Å²) >= 11 is 1.14. The van der Waals surface area contributed by atoms with E-state index in [-0.39, 0.29) is 23.7 Å². The zero-order valence-corrected chi connectivity index (χ0v) is 16.8. The molecule has 0 spiro atoms. The van der Waals surface area contributed by atoms with Crippen LogP contribution in [0, 0.1) is 5.92 Å². The highest BCUT2D eigenvalue weighted by atomic mass is 32.2. The lowest BCUT2D eigenvalue weighted by Crippen LogP contribution is -2.58. The fourth-order valence-corrected chi connectivity index (χ4v) is 4.75. The molecule has 0 aromatic rings. The van der Waals surface area contributed by atoms with Crippen molar-refractivity contribution in [1.82, 2.24) is 5.32 Å². The highest BCUT2D eigenvalue weighted by Gasteiger charge is 2.49. The van der Waals surface area contributed by atoms with Gasteiger partial charge in [0.15, 0.2) is 5.79 Å². The van der Waals surface area contributed by atoms with Gasteiger partial charge in [0.25, 0.3) is 5.24 Å². The molecule has 0 saturated carbocycles. The summed E-state index contributed by atoms with van der Waals surface area (Å²) in [6.07, 6.45) is 9.42. The lowest BCUT2D eigenvalue weighted by Gasteiger charge is -2.43. The van der Waals surface area contributed by atoms with E-state index in [1.54, 1.807) is 6.08 Å². The summed E-state index contributed by atoms with van der Waals surface area (Å²) in [5.74, 6) is -1.03. The van der Waals surface area contributed by atoms with E-state index in [9.17, 15) is 14.7 Å². The van der Waals surface area contributed by atoms with Crippen LogP contribution >= 0.6 is 11.8 Å². The van der Waals surface area contributed by atoms with Crippen LogP contribution < -0.4 is 5.32 Å². The first-order valence-corrected chi connectivity index (χ1v) is 10.7. The molecule has 1 amide bonds. The first-order valence-electron chi connectivity index (χ1n) is 9.72. The number of amides is 1. The smallest absolute Gasteiger partial charge is 0.330 e. The Hall–Kier alpha value is -1.31. The average molecular weight is 396 g/mol. The molecule has 3 heterocycles. The minimum absolute atomic E-state index is 0.160. The maximum atomic E-state index is 12.3. The minimum atomic E-state index is -1.51. The number of aliphatic hydroxyl groups is 1. The number of thioether (sulfide) groups is 1. The molecule has 3 aliphatic heterocycles. The molecule has 2 N–H and O–H groups in total. The van der Waals surface area contributed by atoms with Gasteiger partial charge in [0, 0.05) is 24.7 Å². The van der Waals surface area contributed by atoms with Crippen molar-refractivity contribution in [3.63, 3.8) is 0 Å². The number of hydrogen-bond acceptors (Lipinski definition) is 6. The molecule has 6 nitrogen and oxygen atoms in total. The number of nitrogens with one attached hydrogen (secondary N) is 1. The zero-order valence-electron chi connectivity index (χ0n) is 16.0. The predicted octanol–water partition coefficient (Wildman–Crippen LogP) is 3.30. The second-order valence-electron chi connectivity index (χ2n) is 7.89. The first kappa shape index (κ1) is 20.4. The van der Waals surface area contributed by atoms with Crippen molar-refractivity contribution < 1.29 is 24.2 Å². The second-order valence-corrected chi connectivity index (χ2v) is 8.88. The summed E-state index contributed by atoms with van der Waals surface area (Å²) in [4.78, 5) is 23.9. The Labute approximate surface area is 164 Å². The summed E-state index contributed by atoms with van der Waals surface area (Å²) < 4.78 is 11.7. The molecule has 2 saturated heterocycles. The van der Waals surface area contributed by atoms with Gasteiger partial charge in [0.05, 0.1) is 12.1 Å². The Morgan fingerprint density at radius 2 is 2.11 bits per heavy atom. The van der Waals surface area contributed by atoms with E-state index < -0.39 is 17.9 Å². The van der Waals surface area contributed by atoms with Gasteiger partial charge in [0.2, 0.25) is 0 Å². The Balaban J connectivity index is 1.78. The number of carbonyl (C=O) groups excluding carboxylic acids is 2. The lowest BCUT2D eigenvalue weighted by molar-refractivity contribution is -0.283. The summed E-state index contributed by atoms with van der Waals surface area (Å²) in [7, 11) is 0. The highest BCUT2D eigenvalue weighted by molar-refractivity contribution is 8.14. The summed E-state index contributed by atoms with van der Waals surface area (Å²) in [5, 5.41) is 13.7. The normalized spacial score (nSPS) is 41.7. The van der Waals surface area contributed by atoms with Crippen LogP contribution in [0.4, 0.5) is 4.79 Å². The fraction of sp³-hybridized carbons (Fsp3) is 0.700. The molecule has 3 aliphatic rings. The number of ether oxygens (including phenoxy) is 2. The second kappa shape index (κ2) is 8.80. The molecule has 0 aliphatic carbocycles. The van der Waals surface area contributed by atoms with Gasteiger partial charge in [-0.2, -0.15) is 0 Å². The molecule has 2 bridgehead atoms. The Morgan fingerprint density at radius 1 is 1.30 bits per heavy atom. The molecule has 7 heteroatoms. The Morgan fingerprint density at radius 3 is 2.85 bits per heavy atom. The minimum Gasteiger partial charge on any atom is -0.459 e. The van der Waals surface area contributed by atoms with Crippen LogP contribution in [0.2, 0.25) is 0 Å². The van der Waals surface area contributed by atoms with Gasteiger partial charge in [-0.25, -0.2) is 4.79 Å². The van der Waals surface area contributed by atoms with Crippen molar-refractivity contribution in [3.05, 3.63) is 23.8 Å². The van der Waals surface area contributed by atoms with E-state index in [1.807, 2.05) is 6.92 Å². The quantitative estimate of drug-likeness (QED) is 0.523. The van der Waals surface area contributed by atoms with Crippen LogP contribution in [0.5, 0.6) is 0 Å². The Kier molecular flexibility index (Phi) is 6.65. The van der Waals surface area contributed by atoms with Gasteiger partial charge in [-0.1, -0.05) is 36.4 Å². The number of allylic oxidation sites excluding steroid dienone is 3. The Bertz CT molecular complexity index is 634. The molecule has 0 aromatic heterocycles. The van der Waals surface area contributed by atoms with Gasteiger partial charge < -0.3 is 19.9 Å². The highest BCUT2D eigenvalue weighted by Crippen LogP contribution is 2.37. The van der Waals surface area contributed by atoms with E-state index in [2.05, 4.69) is 24.4 Å². The van der Waals surface area contributed by atoms with Crippen LogP contribution in [-0.4, -0.2) is 46.1 Å². The molecule has 5 atom stereocenters. The fourth-order valence-electron chi connectivity index (χ4n) is 3.86. The van der Waals surface area contributed by atoms with Crippen molar-refractivity contribution in [2.75, 3.05) is 5.75 Å². The largest absolute Gasteiger partial charge is 0.459 e. The number of carbonyl (C=O) groups is 2. The number of fused-ring (bicyclic) bond motifs is 2.